The number of carboxylic acid groups (broad SMARTS) is 1. The van der Waals surface area contributed by atoms with Gasteiger partial charge in [-0.15, -0.1) is 11.6 Å². The molecule has 0 saturated carbocycles. The molecule has 0 aliphatic carbocycles. The van der Waals surface area contributed by atoms with Crippen molar-refractivity contribution < 1.29 is 14.7 Å². The second-order valence-corrected chi connectivity index (χ2v) is 3.61. The van der Waals surface area contributed by atoms with Gasteiger partial charge in [0.25, 0.3) is 0 Å². The zero-order valence-corrected chi connectivity index (χ0v) is 8.78. The van der Waals surface area contributed by atoms with E-state index in [9.17, 15) is 14.7 Å². The maximum absolute atomic E-state index is 10.7. The number of hydrogen-bond donors (Lipinski definition) is 1. The zero-order chi connectivity index (χ0) is 10.3. The normalized spacial score (nSPS) is 12.2. The second kappa shape index (κ2) is 7.03. The highest BCUT2D eigenvalue weighted by molar-refractivity contribution is 7.98. The fraction of sp³-hybridized carbons (Fsp3) is 0.714. The molecule has 0 unspecified atom stereocenters. The van der Waals surface area contributed by atoms with Gasteiger partial charge in [-0.2, -0.15) is 11.8 Å². The molecule has 0 aromatic heterocycles. The minimum absolute atomic E-state index is 0.233. The molecule has 0 spiro atoms. The molecule has 0 aromatic carbocycles. The van der Waals surface area contributed by atoms with Crippen molar-refractivity contribution in [2.24, 2.45) is 0 Å². The van der Waals surface area contributed by atoms with Crippen LogP contribution in [-0.4, -0.2) is 35.8 Å². The van der Waals surface area contributed by atoms with Crippen LogP contribution in [0.25, 0.3) is 0 Å². The van der Waals surface area contributed by atoms with Crippen molar-refractivity contribution in [3.63, 3.8) is 0 Å². The third-order valence-electron chi connectivity index (χ3n) is 1.35. The van der Waals surface area contributed by atoms with Crippen LogP contribution in [0.1, 0.15) is 6.42 Å². The molecule has 0 aliphatic heterocycles. The van der Waals surface area contributed by atoms with Gasteiger partial charge in [-0.05, 0) is 18.4 Å². The predicted molar refractivity (Wildman–Crippen MR) is 50.7 cm³/mol. The van der Waals surface area contributed by atoms with Crippen molar-refractivity contribution >= 4 is 35.2 Å². The van der Waals surface area contributed by atoms with Crippen molar-refractivity contribution in [3.8, 4) is 0 Å². The fourth-order valence-electron chi connectivity index (χ4n) is 0.718. The summed E-state index contributed by atoms with van der Waals surface area (Å²) in [5, 5.41) is 12.7. The molecule has 1 amide bonds. The van der Waals surface area contributed by atoms with Crippen LogP contribution < -0.4 is 10.4 Å². The van der Waals surface area contributed by atoms with Gasteiger partial charge in [-0.1, -0.05) is 0 Å². The fourth-order valence-corrected chi connectivity index (χ4v) is 1.27. The molecule has 6 heteroatoms. The lowest BCUT2D eigenvalue weighted by molar-refractivity contribution is -0.308. The topological polar surface area (TPSA) is 69.2 Å². The Hall–Kier alpha value is -0.420. The van der Waals surface area contributed by atoms with E-state index in [0.717, 1.165) is 0 Å². The number of hydrogen-bond acceptors (Lipinski definition) is 4. The Labute approximate surface area is 86.0 Å². The lowest BCUT2D eigenvalue weighted by atomic mass is 10.2. The summed E-state index contributed by atoms with van der Waals surface area (Å²) in [6, 6.07) is -0.932. The quantitative estimate of drug-likeness (QED) is 0.601. The Morgan fingerprint density at radius 1 is 1.62 bits per heavy atom. The van der Waals surface area contributed by atoms with Crippen LogP contribution in [0, 0.1) is 0 Å². The third-order valence-corrected chi connectivity index (χ3v) is 2.24. The summed E-state index contributed by atoms with van der Waals surface area (Å²) >= 11 is 6.71. The van der Waals surface area contributed by atoms with E-state index in [4.69, 9.17) is 11.6 Å². The highest BCUT2D eigenvalue weighted by atomic mass is 35.5. The van der Waals surface area contributed by atoms with Crippen LogP contribution in [-0.2, 0) is 9.59 Å². The van der Waals surface area contributed by atoms with Crippen LogP contribution in [0.4, 0.5) is 0 Å². The standard InChI is InChI=1S/C7H12ClNO3S/c1-13-3-2-5(7(11)12)9-6(10)4-8/h5H,2-4H2,1H3,(H,9,10)(H,11,12)/p-1/t5-/m0/s1. The summed E-state index contributed by atoms with van der Waals surface area (Å²) in [6.45, 7) is 0. The lowest BCUT2D eigenvalue weighted by Gasteiger charge is -2.18. The minimum Gasteiger partial charge on any atom is -0.548 e. The summed E-state index contributed by atoms with van der Waals surface area (Å²) < 4.78 is 0. The van der Waals surface area contributed by atoms with Gasteiger partial charge in [0.2, 0.25) is 5.91 Å². The number of alkyl halides is 1. The highest BCUT2D eigenvalue weighted by Gasteiger charge is 2.11. The number of halogens is 1. The van der Waals surface area contributed by atoms with Gasteiger partial charge in [-0.3, -0.25) is 4.79 Å². The average Bonchev–Trinajstić information content (AvgIpc) is 2.11. The Bertz CT molecular complexity index is 189. The van der Waals surface area contributed by atoms with Crippen LogP contribution in [0.5, 0.6) is 0 Å². The number of carbonyl (C=O) groups is 2. The van der Waals surface area contributed by atoms with E-state index in [-0.39, 0.29) is 5.88 Å². The first-order chi connectivity index (χ1) is 6.11. The maximum atomic E-state index is 10.7. The molecule has 76 valence electrons. The summed E-state index contributed by atoms with van der Waals surface area (Å²) in [6.07, 6.45) is 2.21. The molecule has 13 heavy (non-hydrogen) atoms. The summed E-state index contributed by atoms with van der Waals surface area (Å²) in [4.78, 5) is 21.2. The van der Waals surface area contributed by atoms with Crippen LogP contribution in [0.15, 0.2) is 0 Å². The van der Waals surface area contributed by atoms with E-state index in [1.54, 1.807) is 0 Å². The SMILES string of the molecule is CSCC[C@H](NC(=O)CCl)C(=O)[O-]. The first-order valence-electron chi connectivity index (χ1n) is 3.67. The van der Waals surface area contributed by atoms with Gasteiger partial charge in [0, 0.05) is 0 Å². The number of carboxylic acids is 1. The predicted octanol–water partition coefficient (Wildman–Crippen LogP) is -0.787. The molecule has 0 saturated heterocycles. The van der Waals surface area contributed by atoms with E-state index in [1.165, 1.54) is 11.8 Å². The molecular formula is C7H11ClNO3S-. The molecule has 0 heterocycles. The van der Waals surface area contributed by atoms with E-state index in [2.05, 4.69) is 5.32 Å². The van der Waals surface area contributed by atoms with Crippen molar-refractivity contribution in [1.29, 1.82) is 0 Å². The molecule has 0 fully saturated rings. The molecule has 0 bridgehead atoms. The van der Waals surface area contributed by atoms with Gasteiger partial charge in [0.05, 0.1) is 12.0 Å². The number of carbonyl (C=O) groups excluding carboxylic acids is 2. The first-order valence-corrected chi connectivity index (χ1v) is 5.59. The molecule has 1 atom stereocenters. The molecule has 0 radical (unpaired) electrons. The summed E-state index contributed by atoms with van der Waals surface area (Å²) in [5.74, 6) is -1.34. The smallest absolute Gasteiger partial charge is 0.235 e. The Balaban J connectivity index is 3.94. The maximum Gasteiger partial charge on any atom is 0.235 e. The van der Waals surface area contributed by atoms with Gasteiger partial charge >= 0.3 is 0 Å². The monoisotopic (exact) mass is 224 g/mol. The molecular weight excluding hydrogens is 214 g/mol. The second-order valence-electron chi connectivity index (χ2n) is 2.35. The Kier molecular flexibility index (Phi) is 6.80. The highest BCUT2D eigenvalue weighted by Crippen LogP contribution is 2.00. The molecule has 4 nitrogen and oxygen atoms in total. The van der Waals surface area contributed by atoms with Gasteiger partial charge in [-0.25, -0.2) is 0 Å². The first kappa shape index (κ1) is 12.6. The van der Waals surface area contributed by atoms with Crippen LogP contribution in [0.2, 0.25) is 0 Å². The molecule has 0 aliphatic rings. The number of rotatable bonds is 6. The van der Waals surface area contributed by atoms with E-state index >= 15 is 0 Å². The third kappa shape index (κ3) is 5.76. The summed E-state index contributed by atoms with van der Waals surface area (Å²) in [5.41, 5.74) is 0. The molecule has 1 N–H and O–H groups in total. The van der Waals surface area contributed by atoms with E-state index < -0.39 is 17.9 Å². The zero-order valence-electron chi connectivity index (χ0n) is 7.21. The lowest BCUT2D eigenvalue weighted by Crippen LogP contribution is -2.48. The number of nitrogens with one attached hydrogen (secondary N) is 1. The largest absolute Gasteiger partial charge is 0.548 e. The van der Waals surface area contributed by atoms with E-state index in [0.29, 0.717) is 12.2 Å². The van der Waals surface area contributed by atoms with Crippen LogP contribution >= 0.6 is 23.4 Å². The Morgan fingerprint density at radius 2 is 2.23 bits per heavy atom. The van der Waals surface area contributed by atoms with Gasteiger partial charge in [0.15, 0.2) is 0 Å². The van der Waals surface area contributed by atoms with Crippen LogP contribution in [0.3, 0.4) is 0 Å². The number of amides is 1. The van der Waals surface area contributed by atoms with Crippen molar-refractivity contribution in [2.75, 3.05) is 17.9 Å². The summed E-state index contributed by atoms with van der Waals surface area (Å²) in [7, 11) is 0. The Morgan fingerprint density at radius 3 is 2.62 bits per heavy atom. The molecule has 0 aromatic rings. The molecule has 0 rings (SSSR count). The van der Waals surface area contributed by atoms with Crippen molar-refractivity contribution in [2.45, 2.75) is 12.5 Å². The minimum atomic E-state index is -1.27. The van der Waals surface area contributed by atoms with Gasteiger partial charge < -0.3 is 15.2 Å². The average molecular weight is 225 g/mol. The van der Waals surface area contributed by atoms with Gasteiger partial charge in [0.1, 0.15) is 5.88 Å². The van der Waals surface area contributed by atoms with E-state index in [1.807, 2.05) is 6.26 Å². The van der Waals surface area contributed by atoms with Crippen molar-refractivity contribution in [1.82, 2.24) is 5.32 Å². The number of thioether (sulfide) groups is 1. The number of aliphatic carboxylic acids is 1. The van der Waals surface area contributed by atoms with Crippen molar-refractivity contribution in [3.05, 3.63) is 0 Å².